The second-order valence-electron chi connectivity index (χ2n) is 6.22. The molecule has 1 heterocycles. The van der Waals surface area contributed by atoms with E-state index in [1.165, 1.54) is 5.56 Å². The average Bonchev–Trinajstić information content (AvgIpc) is 2.98. The van der Waals surface area contributed by atoms with Crippen molar-refractivity contribution in [2.24, 2.45) is 4.99 Å². The lowest BCUT2D eigenvalue weighted by atomic mass is 10.0. The zero-order chi connectivity index (χ0) is 16.5. The van der Waals surface area contributed by atoms with Crippen LogP contribution < -0.4 is 15.4 Å². The van der Waals surface area contributed by atoms with E-state index in [0.29, 0.717) is 6.61 Å². The number of guanidine groups is 1. The van der Waals surface area contributed by atoms with Gasteiger partial charge in [0.2, 0.25) is 0 Å². The van der Waals surface area contributed by atoms with E-state index in [1.54, 1.807) is 7.05 Å². The summed E-state index contributed by atoms with van der Waals surface area (Å²) in [4.78, 5) is 4.25. The Bertz CT molecular complexity index is 511. The fourth-order valence-electron chi connectivity index (χ4n) is 2.65. The van der Waals surface area contributed by atoms with Crippen LogP contribution in [0.1, 0.15) is 31.7 Å². The van der Waals surface area contributed by atoms with Crippen molar-refractivity contribution in [2.45, 2.75) is 38.7 Å². The smallest absolute Gasteiger partial charge is 0.191 e. The van der Waals surface area contributed by atoms with Gasteiger partial charge in [0.25, 0.3) is 0 Å². The first-order valence-corrected chi connectivity index (χ1v) is 8.40. The third-order valence-corrected chi connectivity index (χ3v) is 4.12. The molecule has 0 radical (unpaired) electrons. The Hall–Kier alpha value is -1.75. The van der Waals surface area contributed by atoms with Crippen molar-refractivity contribution in [2.75, 3.05) is 33.4 Å². The van der Waals surface area contributed by atoms with Gasteiger partial charge in [-0.1, -0.05) is 18.2 Å². The summed E-state index contributed by atoms with van der Waals surface area (Å²) in [7, 11) is 1.79. The number of rotatable bonds is 7. The second kappa shape index (κ2) is 8.77. The maximum Gasteiger partial charge on any atom is 0.191 e. The molecular weight excluding hydrogens is 290 g/mol. The number of hydrogen-bond acceptors (Lipinski definition) is 3. The maximum atomic E-state index is 5.79. The molecule has 0 aromatic heterocycles. The van der Waals surface area contributed by atoms with Crippen LogP contribution in [-0.2, 0) is 4.74 Å². The molecule has 2 N–H and O–H groups in total. The standard InChI is InChI=1S/C18H29N3O2/c1-15-8-4-5-9-16(15)22-12-7-11-20-17(19-3)21-14-18(2)10-6-13-23-18/h4-5,8-9H,6-7,10-14H2,1-3H3,(H2,19,20,21). The van der Waals surface area contributed by atoms with Gasteiger partial charge in [-0.3, -0.25) is 4.99 Å². The van der Waals surface area contributed by atoms with E-state index < -0.39 is 0 Å². The maximum absolute atomic E-state index is 5.79. The largest absolute Gasteiger partial charge is 0.493 e. The molecule has 0 amide bonds. The summed E-state index contributed by atoms with van der Waals surface area (Å²) in [5, 5.41) is 6.66. The van der Waals surface area contributed by atoms with Crippen molar-refractivity contribution < 1.29 is 9.47 Å². The van der Waals surface area contributed by atoms with Gasteiger partial charge < -0.3 is 20.1 Å². The summed E-state index contributed by atoms with van der Waals surface area (Å²) < 4.78 is 11.6. The predicted molar refractivity (Wildman–Crippen MR) is 94.2 cm³/mol. The number of nitrogens with zero attached hydrogens (tertiary/aromatic N) is 1. The molecule has 1 saturated heterocycles. The summed E-state index contributed by atoms with van der Waals surface area (Å²) in [6.07, 6.45) is 3.16. The number of aryl methyl sites for hydroxylation is 1. The van der Waals surface area contributed by atoms with Gasteiger partial charge in [-0.25, -0.2) is 0 Å². The molecule has 1 fully saturated rings. The van der Waals surface area contributed by atoms with Crippen LogP contribution in [-0.4, -0.2) is 44.9 Å². The van der Waals surface area contributed by atoms with Gasteiger partial charge in [0.1, 0.15) is 5.75 Å². The lowest BCUT2D eigenvalue weighted by molar-refractivity contribution is 0.0243. The average molecular weight is 319 g/mol. The van der Waals surface area contributed by atoms with E-state index in [1.807, 2.05) is 18.2 Å². The van der Waals surface area contributed by atoms with Crippen LogP contribution in [0.4, 0.5) is 0 Å². The number of nitrogens with one attached hydrogen (secondary N) is 2. The first kappa shape index (κ1) is 17.6. The van der Waals surface area contributed by atoms with Gasteiger partial charge >= 0.3 is 0 Å². The first-order valence-electron chi connectivity index (χ1n) is 8.40. The first-order chi connectivity index (χ1) is 11.1. The molecular formula is C18H29N3O2. The SMILES string of the molecule is CN=C(NCCCOc1ccccc1C)NCC1(C)CCCO1. The van der Waals surface area contributed by atoms with E-state index in [0.717, 1.165) is 50.7 Å². The van der Waals surface area contributed by atoms with Gasteiger partial charge in [0.05, 0.1) is 12.2 Å². The molecule has 5 nitrogen and oxygen atoms in total. The normalized spacial score (nSPS) is 21.3. The fraction of sp³-hybridized carbons (Fsp3) is 0.611. The quantitative estimate of drug-likeness (QED) is 0.461. The van der Waals surface area contributed by atoms with Crippen LogP contribution in [0.5, 0.6) is 5.75 Å². The second-order valence-corrected chi connectivity index (χ2v) is 6.22. The fourth-order valence-corrected chi connectivity index (χ4v) is 2.65. The Balaban J connectivity index is 1.61. The summed E-state index contributed by atoms with van der Waals surface area (Å²) in [5.74, 6) is 1.78. The molecule has 23 heavy (non-hydrogen) atoms. The molecule has 5 heteroatoms. The van der Waals surface area contributed by atoms with Crippen LogP contribution in [0.3, 0.4) is 0 Å². The number of ether oxygens (including phenoxy) is 2. The van der Waals surface area contributed by atoms with Crippen molar-refractivity contribution >= 4 is 5.96 Å². The van der Waals surface area contributed by atoms with Crippen molar-refractivity contribution in [3.63, 3.8) is 0 Å². The van der Waals surface area contributed by atoms with E-state index >= 15 is 0 Å². The lowest BCUT2D eigenvalue weighted by Gasteiger charge is -2.24. The minimum absolute atomic E-state index is 0.0639. The Morgan fingerprint density at radius 2 is 2.17 bits per heavy atom. The molecule has 1 unspecified atom stereocenters. The van der Waals surface area contributed by atoms with Gasteiger partial charge in [0.15, 0.2) is 5.96 Å². The summed E-state index contributed by atoms with van der Waals surface area (Å²) in [6, 6.07) is 8.09. The molecule has 0 spiro atoms. The van der Waals surface area contributed by atoms with Gasteiger partial charge in [-0.2, -0.15) is 0 Å². The van der Waals surface area contributed by atoms with Crippen molar-refractivity contribution in [3.05, 3.63) is 29.8 Å². The molecule has 1 atom stereocenters. The molecule has 0 aliphatic carbocycles. The molecule has 1 aromatic carbocycles. The Labute approximate surface area is 139 Å². The number of benzene rings is 1. The lowest BCUT2D eigenvalue weighted by Crippen LogP contribution is -2.45. The molecule has 1 aromatic rings. The van der Waals surface area contributed by atoms with Crippen LogP contribution in [0, 0.1) is 6.92 Å². The summed E-state index contributed by atoms with van der Waals surface area (Å²) in [6.45, 7) is 7.37. The minimum atomic E-state index is -0.0639. The molecule has 128 valence electrons. The highest BCUT2D eigenvalue weighted by molar-refractivity contribution is 5.79. The van der Waals surface area contributed by atoms with Gasteiger partial charge in [0, 0.05) is 26.7 Å². The van der Waals surface area contributed by atoms with Crippen molar-refractivity contribution in [1.82, 2.24) is 10.6 Å². The Morgan fingerprint density at radius 1 is 1.35 bits per heavy atom. The number of para-hydroxylation sites is 1. The molecule has 0 bridgehead atoms. The number of aliphatic imine (C=N–C) groups is 1. The third-order valence-electron chi connectivity index (χ3n) is 4.12. The van der Waals surface area contributed by atoms with Crippen LogP contribution in [0.2, 0.25) is 0 Å². The van der Waals surface area contributed by atoms with Crippen molar-refractivity contribution in [1.29, 1.82) is 0 Å². The van der Waals surface area contributed by atoms with E-state index in [9.17, 15) is 0 Å². The molecule has 2 rings (SSSR count). The van der Waals surface area contributed by atoms with E-state index in [4.69, 9.17) is 9.47 Å². The van der Waals surface area contributed by atoms with Crippen LogP contribution in [0.25, 0.3) is 0 Å². The number of hydrogen-bond donors (Lipinski definition) is 2. The molecule has 0 saturated carbocycles. The summed E-state index contributed by atoms with van der Waals surface area (Å²) in [5.41, 5.74) is 1.11. The zero-order valence-electron chi connectivity index (χ0n) is 14.5. The van der Waals surface area contributed by atoms with Crippen LogP contribution >= 0.6 is 0 Å². The predicted octanol–water partition coefficient (Wildman–Crippen LogP) is 2.50. The van der Waals surface area contributed by atoms with Crippen molar-refractivity contribution in [3.8, 4) is 5.75 Å². The highest BCUT2D eigenvalue weighted by Gasteiger charge is 2.29. The third kappa shape index (κ3) is 5.75. The Morgan fingerprint density at radius 3 is 2.87 bits per heavy atom. The van der Waals surface area contributed by atoms with Gasteiger partial charge in [-0.05, 0) is 44.7 Å². The molecule has 1 aliphatic heterocycles. The topological polar surface area (TPSA) is 54.9 Å². The monoisotopic (exact) mass is 319 g/mol. The minimum Gasteiger partial charge on any atom is -0.493 e. The van der Waals surface area contributed by atoms with E-state index in [-0.39, 0.29) is 5.60 Å². The van der Waals surface area contributed by atoms with Crippen LogP contribution in [0.15, 0.2) is 29.3 Å². The van der Waals surface area contributed by atoms with Gasteiger partial charge in [-0.15, -0.1) is 0 Å². The highest BCUT2D eigenvalue weighted by atomic mass is 16.5. The Kier molecular flexibility index (Phi) is 6.71. The van der Waals surface area contributed by atoms with E-state index in [2.05, 4.69) is 35.5 Å². The summed E-state index contributed by atoms with van der Waals surface area (Å²) >= 11 is 0. The molecule has 1 aliphatic rings. The highest BCUT2D eigenvalue weighted by Crippen LogP contribution is 2.23. The zero-order valence-corrected chi connectivity index (χ0v) is 14.5.